The molecular formula is C23H28N6O7S. The molecule has 3 heterocycles. The van der Waals surface area contributed by atoms with Gasteiger partial charge >= 0.3 is 5.97 Å². The van der Waals surface area contributed by atoms with Crippen molar-refractivity contribution in [3.05, 3.63) is 49.1 Å². The molecule has 4 rings (SSSR count). The second-order valence-electron chi connectivity index (χ2n) is 8.59. The second kappa shape index (κ2) is 11.8. The summed E-state index contributed by atoms with van der Waals surface area (Å²) in [6.45, 7) is 0. The molecule has 0 saturated carbocycles. The number of rotatable bonds is 10. The van der Waals surface area contributed by atoms with E-state index in [2.05, 4.69) is 20.3 Å². The van der Waals surface area contributed by atoms with E-state index in [1.54, 1.807) is 30.4 Å². The minimum atomic E-state index is -1.24. The number of aromatic nitrogens is 4. The fourth-order valence-electron chi connectivity index (χ4n) is 3.97. The Kier molecular flexibility index (Phi) is 8.56. The normalized spacial score (nSPS) is 28.2. The van der Waals surface area contributed by atoms with E-state index in [0.717, 1.165) is 0 Å². The van der Waals surface area contributed by atoms with Crippen LogP contribution in [0.3, 0.4) is 0 Å². The molecule has 7 N–H and O–H groups in total. The summed E-state index contributed by atoms with van der Waals surface area (Å²) < 4.78 is 7.36. The lowest BCUT2D eigenvalue weighted by Gasteiger charge is -2.16. The highest BCUT2D eigenvalue weighted by atomic mass is 32.2. The molecule has 0 radical (unpaired) electrons. The lowest BCUT2D eigenvalue weighted by Crippen LogP contribution is -2.40. The van der Waals surface area contributed by atoms with E-state index in [1.165, 1.54) is 35.1 Å². The van der Waals surface area contributed by atoms with E-state index < -0.39 is 48.6 Å². The third kappa shape index (κ3) is 6.34. The van der Waals surface area contributed by atoms with Crippen LogP contribution >= 0.6 is 11.8 Å². The molecule has 5 atom stereocenters. The fourth-order valence-corrected chi connectivity index (χ4v) is 5.05. The number of nitrogens with zero attached hydrogens (tertiary/aromatic N) is 4. The highest BCUT2D eigenvalue weighted by Crippen LogP contribution is 2.33. The summed E-state index contributed by atoms with van der Waals surface area (Å²) in [6, 6.07) is -1.10. The first kappa shape index (κ1) is 26.8. The Morgan fingerprint density at radius 3 is 2.65 bits per heavy atom. The zero-order chi connectivity index (χ0) is 26.5. The maximum atomic E-state index is 12.2. The number of carbonyl (C=O) groups is 2. The van der Waals surface area contributed by atoms with Crippen LogP contribution in [0.5, 0.6) is 0 Å². The maximum absolute atomic E-state index is 12.2. The first-order valence-electron chi connectivity index (χ1n) is 11.5. The van der Waals surface area contributed by atoms with Gasteiger partial charge in [0.1, 0.15) is 30.1 Å². The van der Waals surface area contributed by atoms with E-state index >= 15 is 0 Å². The van der Waals surface area contributed by atoms with Crippen LogP contribution in [0, 0.1) is 5.92 Å². The number of carboxylic acid groups (broad SMARTS) is 1. The predicted molar refractivity (Wildman–Crippen MR) is 134 cm³/mol. The first-order chi connectivity index (χ1) is 17.7. The fraction of sp³-hybridized carbons (Fsp3) is 0.435. The van der Waals surface area contributed by atoms with Gasteiger partial charge in [0.2, 0.25) is 5.91 Å². The van der Waals surface area contributed by atoms with E-state index in [-0.39, 0.29) is 23.9 Å². The molecule has 2 aromatic rings. The number of aliphatic hydroxyl groups is 3. The van der Waals surface area contributed by atoms with E-state index in [9.17, 15) is 30.0 Å². The minimum Gasteiger partial charge on any atom is -0.480 e. The van der Waals surface area contributed by atoms with Crippen molar-refractivity contribution in [1.82, 2.24) is 24.8 Å². The molecule has 37 heavy (non-hydrogen) atoms. The van der Waals surface area contributed by atoms with Crippen LogP contribution < -0.4 is 11.1 Å². The number of thioether (sulfide) groups is 1. The number of allylic oxidation sites excluding steroid dienone is 3. The maximum Gasteiger partial charge on any atom is 0.326 e. The van der Waals surface area contributed by atoms with Crippen LogP contribution in [0.4, 0.5) is 5.82 Å². The first-order valence-corrected chi connectivity index (χ1v) is 12.7. The molecule has 1 fully saturated rings. The Bertz CT molecular complexity index is 1200. The van der Waals surface area contributed by atoms with Gasteiger partial charge in [0.05, 0.1) is 18.5 Å². The summed E-state index contributed by atoms with van der Waals surface area (Å²) >= 11 is 1.33. The minimum absolute atomic E-state index is 0.145. The highest BCUT2D eigenvalue weighted by Gasteiger charge is 2.44. The van der Waals surface area contributed by atoms with Crippen LogP contribution in [0.2, 0.25) is 0 Å². The van der Waals surface area contributed by atoms with E-state index in [4.69, 9.17) is 10.5 Å². The number of carboxylic acids is 1. The van der Waals surface area contributed by atoms with E-state index in [1.807, 2.05) is 0 Å². The van der Waals surface area contributed by atoms with Crippen molar-refractivity contribution in [2.24, 2.45) is 5.92 Å². The number of fused-ring (bicyclic) bond motifs is 1. The Balaban J connectivity index is 1.26. The highest BCUT2D eigenvalue weighted by molar-refractivity contribution is 7.99. The molecule has 0 unspecified atom stereocenters. The molecule has 1 amide bonds. The molecule has 0 spiro atoms. The topological polar surface area (TPSA) is 206 Å². The van der Waals surface area contributed by atoms with Gasteiger partial charge in [-0.1, -0.05) is 30.4 Å². The lowest BCUT2D eigenvalue weighted by atomic mass is 10.0. The monoisotopic (exact) mass is 532 g/mol. The average Bonchev–Trinajstić information content (AvgIpc) is 3.42. The van der Waals surface area contributed by atoms with Crippen molar-refractivity contribution >= 4 is 40.6 Å². The molecule has 0 bridgehead atoms. The molecule has 1 aliphatic carbocycles. The molecule has 198 valence electrons. The van der Waals surface area contributed by atoms with Crippen molar-refractivity contribution in [3.8, 4) is 0 Å². The van der Waals surface area contributed by atoms with Gasteiger partial charge in [-0.2, -0.15) is 11.8 Å². The van der Waals surface area contributed by atoms with Gasteiger partial charge in [-0.3, -0.25) is 9.36 Å². The number of anilines is 1. The number of amides is 1. The smallest absolute Gasteiger partial charge is 0.326 e. The van der Waals surface area contributed by atoms with Gasteiger partial charge in [-0.15, -0.1) is 0 Å². The average molecular weight is 533 g/mol. The number of nitrogen functional groups attached to an aromatic ring is 1. The lowest BCUT2D eigenvalue weighted by molar-refractivity contribution is -0.141. The number of aliphatic carboxylic acids is 1. The van der Waals surface area contributed by atoms with Gasteiger partial charge < -0.3 is 36.2 Å². The molecule has 13 nitrogen and oxygen atoms in total. The molecule has 0 aromatic carbocycles. The summed E-state index contributed by atoms with van der Waals surface area (Å²) in [5.74, 6) is -1.04. The summed E-state index contributed by atoms with van der Waals surface area (Å²) in [5, 5.41) is 42.4. The molecular weight excluding hydrogens is 504 g/mol. The SMILES string of the molecule is Nc1ncnc2c1ncn2[C@@H]1O[C@H](CSCC[C@H](NC(=O)/C=C/C2C=CC(O)C=C2)C(=O)O)[C@@H](O)[C@H]1O. The number of hydrogen-bond acceptors (Lipinski definition) is 11. The molecule has 14 heteroatoms. The van der Waals surface area contributed by atoms with Crippen LogP contribution in [-0.4, -0.2) is 93.8 Å². The quantitative estimate of drug-likeness (QED) is 0.129. The van der Waals surface area contributed by atoms with Gasteiger partial charge in [-0.05, 0) is 18.2 Å². The Morgan fingerprint density at radius 1 is 1.16 bits per heavy atom. The third-order valence-corrected chi connectivity index (χ3v) is 7.07. The molecule has 1 saturated heterocycles. The van der Waals surface area contributed by atoms with Crippen molar-refractivity contribution in [3.63, 3.8) is 0 Å². The Morgan fingerprint density at radius 2 is 1.92 bits per heavy atom. The molecule has 2 aliphatic rings. The number of aliphatic hydroxyl groups excluding tert-OH is 3. The summed E-state index contributed by atoms with van der Waals surface area (Å²) in [5.41, 5.74) is 6.52. The number of carbonyl (C=O) groups excluding carboxylic acids is 1. The third-order valence-electron chi connectivity index (χ3n) is 5.98. The standard InChI is InChI=1S/C23H28N6O7S/c24-20-17-21(26-10-25-20)29(11-27-17)22-19(33)18(32)15(36-22)9-37-8-7-14(23(34)35)28-16(31)6-3-12-1-4-13(30)5-2-12/h1-6,10-15,18-19,22,30,32-33H,7-9H2,(H,28,31)(H,34,35)(H2,24,25,26)/b6-3+/t12?,13?,14-,15+,18+,19+,22+/m0/s1. The zero-order valence-corrected chi connectivity index (χ0v) is 20.4. The summed E-state index contributed by atoms with van der Waals surface area (Å²) in [6.07, 6.45) is 7.63. The summed E-state index contributed by atoms with van der Waals surface area (Å²) in [4.78, 5) is 35.9. The number of ether oxygens (including phenoxy) is 1. The van der Waals surface area contributed by atoms with Gasteiger partial charge in [0, 0.05) is 11.7 Å². The van der Waals surface area contributed by atoms with Crippen molar-refractivity contribution in [2.45, 2.75) is 43.1 Å². The van der Waals surface area contributed by atoms with E-state index in [0.29, 0.717) is 16.9 Å². The zero-order valence-electron chi connectivity index (χ0n) is 19.6. The number of hydrogen-bond donors (Lipinski definition) is 6. The van der Waals surface area contributed by atoms with Crippen molar-refractivity contribution < 1.29 is 34.8 Å². The number of nitrogens with two attached hydrogens (primary N) is 1. The Labute approximate surface area is 215 Å². The van der Waals surface area contributed by atoms with Crippen LogP contribution in [0.25, 0.3) is 11.2 Å². The molecule has 1 aliphatic heterocycles. The number of nitrogens with one attached hydrogen (secondary N) is 1. The van der Waals surface area contributed by atoms with Crippen LogP contribution in [-0.2, 0) is 14.3 Å². The van der Waals surface area contributed by atoms with Crippen LogP contribution in [0.15, 0.2) is 49.1 Å². The van der Waals surface area contributed by atoms with Gasteiger partial charge in [0.25, 0.3) is 0 Å². The van der Waals surface area contributed by atoms with Crippen LogP contribution in [0.1, 0.15) is 12.6 Å². The van der Waals surface area contributed by atoms with Crippen molar-refractivity contribution in [2.75, 3.05) is 17.2 Å². The Hall–Kier alpha value is -3.30. The van der Waals surface area contributed by atoms with Gasteiger partial charge in [0.15, 0.2) is 17.7 Å². The van der Waals surface area contributed by atoms with Gasteiger partial charge in [-0.25, -0.2) is 19.7 Å². The number of imidazole rings is 1. The predicted octanol–water partition coefficient (Wildman–Crippen LogP) is -0.620. The largest absolute Gasteiger partial charge is 0.480 e. The summed E-state index contributed by atoms with van der Waals surface area (Å²) in [7, 11) is 0. The van der Waals surface area contributed by atoms with Crippen molar-refractivity contribution in [1.29, 1.82) is 0 Å². The molecule has 2 aromatic heterocycles. The second-order valence-corrected chi connectivity index (χ2v) is 9.74.